The van der Waals surface area contributed by atoms with Crippen LogP contribution in [0.5, 0.6) is 0 Å². The van der Waals surface area contributed by atoms with Crippen LogP contribution in [0.25, 0.3) is 0 Å². The quantitative estimate of drug-likeness (QED) is 0.753. The van der Waals surface area contributed by atoms with E-state index in [4.69, 9.17) is 0 Å². The highest BCUT2D eigenvalue weighted by Crippen LogP contribution is 2.38. The van der Waals surface area contributed by atoms with Crippen molar-refractivity contribution < 1.29 is 0 Å². The largest absolute Gasteiger partial charge is 0.317 e. The summed E-state index contributed by atoms with van der Waals surface area (Å²) in [4.78, 5) is 0. The zero-order chi connectivity index (χ0) is 10.2. The first-order valence-electron chi connectivity index (χ1n) is 5.40. The van der Waals surface area contributed by atoms with Gasteiger partial charge in [0.25, 0.3) is 0 Å². The number of nitrogens with one attached hydrogen (secondary N) is 1. The van der Waals surface area contributed by atoms with Gasteiger partial charge in [0.05, 0.1) is 0 Å². The Morgan fingerprint density at radius 3 is 2.14 bits per heavy atom. The first-order valence-corrected chi connectivity index (χ1v) is 5.40. The lowest BCUT2D eigenvalue weighted by Gasteiger charge is -2.31. The highest BCUT2D eigenvalue weighted by Gasteiger charge is 2.36. The molecule has 0 spiro atoms. The van der Waals surface area contributed by atoms with Gasteiger partial charge in [-0.25, -0.2) is 0 Å². The second-order valence-electron chi connectivity index (χ2n) is 4.79. The molecule has 0 aliphatic heterocycles. The van der Waals surface area contributed by atoms with E-state index < -0.39 is 0 Å². The van der Waals surface area contributed by atoms with Crippen molar-refractivity contribution in [2.75, 3.05) is 7.05 Å². The van der Waals surface area contributed by atoms with Crippen molar-refractivity contribution in [1.82, 2.24) is 5.32 Å². The maximum atomic E-state index is 3.38. The fourth-order valence-corrected chi connectivity index (χ4v) is 2.49. The van der Waals surface area contributed by atoms with Crippen molar-refractivity contribution >= 4 is 0 Å². The van der Waals surface area contributed by atoms with E-state index in [9.17, 15) is 0 Å². The van der Waals surface area contributed by atoms with Crippen LogP contribution >= 0.6 is 0 Å². The smallest absolute Gasteiger partial charge is 0.00959 e. The van der Waals surface area contributed by atoms with Gasteiger partial charge in [0, 0.05) is 6.04 Å². The molecule has 0 heterocycles. The molecule has 1 heteroatoms. The van der Waals surface area contributed by atoms with Gasteiger partial charge in [-0.2, -0.15) is 0 Å². The second-order valence-corrected chi connectivity index (χ2v) is 4.79. The molecule has 1 N–H and O–H groups in total. The highest BCUT2D eigenvalue weighted by atomic mass is 14.9. The van der Waals surface area contributed by atoms with Crippen molar-refractivity contribution in [3.05, 3.63) is 35.4 Å². The molecular weight excluding hydrogens is 170 g/mol. The lowest BCUT2D eigenvalue weighted by Crippen LogP contribution is -2.40. The zero-order valence-electron chi connectivity index (χ0n) is 9.30. The third-order valence-corrected chi connectivity index (χ3v) is 3.79. The summed E-state index contributed by atoms with van der Waals surface area (Å²) in [6.07, 6.45) is 2.43. The van der Waals surface area contributed by atoms with E-state index in [0.29, 0.717) is 11.5 Å². The van der Waals surface area contributed by atoms with E-state index in [1.165, 1.54) is 24.0 Å². The van der Waals surface area contributed by atoms with Gasteiger partial charge in [0.15, 0.2) is 0 Å². The van der Waals surface area contributed by atoms with Crippen LogP contribution in [0.1, 0.15) is 25.0 Å². The molecule has 1 unspecified atom stereocenters. The fraction of sp³-hybridized carbons (Fsp3) is 0.538. The van der Waals surface area contributed by atoms with Gasteiger partial charge in [-0.15, -0.1) is 0 Å². The van der Waals surface area contributed by atoms with Crippen molar-refractivity contribution in [3.8, 4) is 0 Å². The van der Waals surface area contributed by atoms with Crippen LogP contribution in [0.15, 0.2) is 24.3 Å². The Hall–Kier alpha value is -0.820. The summed E-state index contributed by atoms with van der Waals surface area (Å²) < 4.78 is 0. The van der Waals surface area contributed by atoms with Gasteiger partial charge in [-0.3, -0.25) is 0 Å². The normalized spacial score (nSPS) is 20.5. The van der Waals surface area contributed by atoms with Gasteiger partial charge in [-0.05, 0) is 43.4 Å². The van der Waals surface area contributed by atoms with Crippen LogP contribution in [0.3, 0.4) is 0 Å². The number of benzene rings is 1. The van der Waals surface area contributed by atoms with E-state index >= 15 is 0 Å². The molecule has 0 radical (unpaired) electrons. The van der Waals surface area contributed by atoms with Crippen LogP contribution in [-0.4, -0.2) is 13.1 Å². The van der Waals surface area contributed by atoms with Crippen LogP contribution < -0.4 is 5.32 Å². The molecule has 0 saturated carbocycles. The number of hydrogen-bond donors (Lipinski definition) is 1. The topological polar surface area (TPSA) is 12.0 Å². The molecule has 0 saturated heterocycles. The molecule has 0 amide bonds. The average molecular weight is 189 g/mol. The first-order chi connectivity index (χ1) is 6.65. The van der Waals surface area contributed by atoms with Crippen molar-refractivity contribution in [2.24, 2.45) is 5.41 Å². The Morgan fingerprint density at radius 1 is 1.21 bits per heavy atom. The molecule has 1 nitrogen and oxygen atoms in total. The first kappa shape index (κ1) is 9.72. The van der Waals surface area contributed by atoms with Gasteiger partial charge in [-0.1, -0.05) is 31.2 Å². The summed E-state index contributed by atoms with van der Waals surface area (Å²) in [5.74, 6) is 0. The van der Waals surface area contributed by atoms with E-state index in [2.05, 4.69) is 50.5 Å². The molecule has 76 valence electrons. The van der Waals surface area contributed by atoms with Crippen molar-refractivity contribution in [2.45, 2.75) is 32.7 Å². The Morgan fingerprint density at radius 2 is 1.71 bits per heavy atom. The average Bonchev–Trinajstić information content (AvgIpc) is 2.54. The van der Waals surface area contributed by atoms with E-state index in [1.807, 2.05) is 0 Å². The zero-order valence-corrected chi connectivity index (χ0v) is 9.30. The van der Waals surface area contributed by atoms with Crippen LogP contribution in [-0.2, 0) is 12.8 Å². The van der Waals surface area contributed by atoms with Gasteiger partial charge in [0.1, 0.15) is 0 Å². The molecule has 0 bridgehead atoms. The van der Waals surface area contributed by atoms with Crippen LogP contribution in [0.2, 0.25) is 0 Å². The van der Waals surface area contributed by atoms with Crippen molar-refractivity contribution in [1.29, 1.82) is 0 Å². The monoisotopic (exact) mass is 189 g/mol. The van der Waals surface area contributed by atoms with Crippen molar-refractivity contribution in [3.63, 3.8) is 0 Å². The Kier molecular flexibility index (Phi) is 2.36. The minimum atomic E-state index is 0.401. The van der Waals surface area contributed by atoms with Gasteiger partial charge in [0.2, 0.25) is 0 Å². The lowest BCUT2D eigenvalue weighted by atomic mass is 9.80. The summed E-state index contributed by atoms with van der Waals surface area (Å²) in [6.45, 7) is 4.67. The maximum Gasteiger partial charge on any atom is 0.00959 e. The van der Waals surface area contributed by atoms with Gasteiger partial charge >= 0.3 is 0 Å². The number of hydrogen-bond acceptors (Lipinski definition) is 1. The minimum absolute atomic E-state index is 0.401. The molecule has 1 aliphatic rings. The summed E-state index contributed by atoms with van der Waals surface area (Å²) in [5.41, 5.74) is 3.48. The molecule has 0 fully saturated rings. The molecule has 1 atom stereocenters. The molecular formula is C13H19N. The third-order valence-electron chi connectivity index (χ3n) is 3.79. The molecule has 2 rings (SSSR count). The maximum absolute atomic E-state index is 3.38. The SMILES string of the molecule is CNC(C)C1(C)Cc2ccccc2C1. The Bertz CT molecular complexity index is 305. The minimum Gasteiger partial charge on any atom is -0.317 e. The molecule has 0 aromatic heterocycles. The highest BCUT2D eigenvalue weighted by molar-refractivity contribution is 5.34. The van der Waals surface area contributed by atoms with Gasteiger partial charge < -0.3 is 5.32 Å². The third kappa shape index (κ3) is 1.46. The summed E-state index contributed by atoms with van der Waals surface area (Å²) >= 11 is 0. The number of fused-ring (bicyclic) bond motifs is 1. The Balaban J connectivity index is 2.25. The van der Waals surface area contributed by atoms with E-state index in [0.717, 1.165) is 0 Å². The molecule has 1 aliphatic carbocycles. The summed E-state index contributed by atoms with van der Waals surface area (Å²) in [7, 11) is 2.05. The lowest BCUT2D eigenvalue weighted by molar-refractivity contribution is 0.253. The van der Waals surface area contributed by atoms with E-state index in [1.54, 1.807) is 0 Å². The van der Waals surface area contributed by atoms with E-state index in [-0.39, 0.29) is 0 Å². The fourth-order valence-electron chi connectivity index (χ4n) is 2.49. The van der Waals surface area contributed by atoms with Crippen LogP contribution in [0, 0.1) is 5.41 Å². The number of rotatable bonds is 2. The molecule has 14 heavy (non-hydrogen) atoms. The standard InChI is InChI=1S/C13H19N/c1-10(14-3)13(2)8-11-6-4-5-7-12(11)9-13/h4-7,10,14H,8-9H2,1-3H3. The predicted octanol–water partition coefficient (Wildman–Crippen LogP) is 2.40. The van der Waals surface area contributed by atoms with Crippen LogP contribution in [0.4, 0.5) is 0 Å². The summed E-state index contributed by atoms with van der Waals surface area (Å²) in [6, 6.07) is 9.41. The predicted molar refractivity (Wildman–Crippen MR) is 60.5 cm³/mol. The summed E-state index contributed by atoms with van der Waals surface area (Å²) in [5, 5.41) is 3.38. The molecule has 1 aromatic carbocycles. The Labute approximate surface area is 86.5 Å². The molecule has 1 aromatic rings. The second kappa shape index (κ2) is 3.39.